The first-order valence-electron chi connectivity index (χ1n) is 7.36. The third-order valence-electron chi connectivity index (χ3n) is 4.54. The summed E-state index contributed by atoms with van der Waals surface area (Å²) >= 11 is 0. The van der Waals surface area contributed by atoms with Crippen LogP contribution in [-0.4, -0.2) is 24.6 Å². The minimum absolute atomic E-state index is 0.00299. The van der Waals surface area contributed by atoms with Crippen LogP contribution in [0.4, 0.5) is 10.2 Å². The molecule has 1 fully saturated rings. The molecule has 2 heterocycles. The zero-order valence-electron chi connectivity index (χ0n) is 12.0. The Bertz CT molecular complexity index is 592. The molecule has 0 spiro atoms. The first-order valence-corrected chi connectivity index (χ1v) is 7.36. The molecule has 110 valence electrons. The van der Waals surface area contributed by atoms with Crippen LogP contribution >= 0.6 is 0 Å². The largest absolute Gasteiger partial charge is 0.354 e. The molecule has 1 aromatic heterocycles. The molecule has 0 saturated carbocycles. The summed E-state index contributed by atoms with van der Waals surface area (Å²) in [6.45, 7) is 2.18. The molecule has 1 saturated heterocycles. The summed E-state index contributed by atoms with van der Waals surface area (Å²) in [6, 6.07) is 13.5. The highest BCUT2D eigenvalue weighted by atomic mass is 19.1. The predicted octanol–water partition coefficient (Wildman–Crippen LogP) is 2.72. The molecule has 0 bridgehead atoms. The van der Waals surface area contributed by atoms with E-state index in [1.807, 2.05) is 11.0 Å². The molecule has 0 atom stereocenters. The summed E-state index contributed by atoms with van der Waals surface area (Å²) < 4.78 is 13.8. The van der Waals surface area contributed by atoms with Gasteiger partial charge in [-0.2, -0.15) is 0 Å². The van der Waals surface area contributed by atoms with E-state index in [-0.39, 0.29) is 11.2 Å². The van der Waals surface area contributed by atoms with Gasteiger partial charge in [-0.25, -0.2) is 9.37 Å². The minimum Gasteiger partial charge on any atom is -0.354 e. The summed E-state index contributed by atoms with van der Waals surface area (Å²) in [6.07, 6.45) is 3.48. The Morgan fingerprint density at radius 1 is 1.10 bits per heavy atom. The number of rotatable bonds is 3. The van der Waals surface area contributed by atoms with Crippen LogP contribution in [0.25, 0.3) is 0 Å². The topological polar surface area (TPSA) is 42.1 Å². The minimum atomic E-state index is -0.252. The summed E-state index contributed by atoms with van der Waals surface area (Å²) in [7, 11) is 0. The number of pyridine rings is 1. The van der Waals surface area contributed by atoms with E-state index < -0.39 is 0 Å². The van der Waals surface area contributed by atoms with E-state index in [2.05, 4.69) is 29.2 Å². The molecule has 21 heavy (non-hydrogen) atoms. The Morgan fingerprint density at radius 2 is 1.81 bits per heavy atom. The lowest BCUT2D eigenvalue weighted by Gasteiger charge is -2.42. The number of nitrogens with zero attached hydrogens (tertiary/aromatic N) is 2. The maximum absolute atomic E-state index is 13.8. The Kier molecular flexibility index (Phi) is 3.88. The summed E-state index contributed by atoms with van der Waals surface area (Å²) in [5, 5.41) is 0. The normalized spacial score (nSPS) is 17.7. The number of aromatic nitrogens is 1. The van der Waals surface area contributed by atoms with Gasteiger partial charge in [-0.3, -0.25) is 0 Å². The number of anilines is 1. The van der Waals surface area contributed by atoms with E-state index in [0.717, 1.165) is 25.9 Å². The zero-order chi connectivity index (χ0) is 14.7. The maximum Gasteiger partial charge on any atom is 0.165 e. The van der Waals surface area contributed by atoms with Gasteiger partial charge in [0.1, 0.15) is 0 Å². The van der Waals surface area contributed by atoms with E-state index in [1.165, 1.54) is 11.6 Å². The lowest BCUT2D eigenvalue weighted by molar-refractivity contribution is 0.337. The molecule has 2 aromatic rings. The van der Waals surface area contributed by atoms with Crippen molar-refractivity contribution in [3.8, 4) is 0 Å². The third-order valence-corrected chi connectivity index (χ3v) is 4.54. The fraction of sp³-hybridized carbons (Fsp3) is 0.353. The van der Waals surface area contributed by atoms with Gasteiger partial charge >= 0.3 is 0 Å². The standard InChI is InChI=1S/C17H20FN3/c18-15-7-4-10-20-16(15)21-11-8-17(13-19,9-12-21)14-5-2-1-3-6-14/h1-7,10H,8-9,11-13,19H2. The van der Waals surface area contributed by atoms with Gasteiger partial charge < -0.3 is 10.6 Å². The SMILES string of the molecule is NCC1(c2ccccc2)CCN(c2ncccc2F)CC1. The first kappa shape index (κ1) is 14.0. The zero-order valence-corrected chi connectivity index (χ0v) is 12.0. The molecule has 3 rings (SSSR count). The molecule has 1 aliphatic rings. The highest BCUT2D eigenvalue weighted by Crippen LogP contribution is 2.36. The van der Waals surface area contributed by atoms with Gasteiger partial charge in [0.2, 0.25) is 0 Å². The van der Waals surface area contributed by atoms with Crippen molar-refractivity contribution in [2.75, 3.05) is 24.5 Å². The fourth-order valence-corrected chi connectivity index (χ4v) is 3.16. The number of nitrogens with two attached hydrogens (primary N) is 1. The van der Waals surface area contributed by atoms with Crippen LogP contribution in [0.5, 0.6) is 0 Å². The van der Waals surface area contributed by atoms with Crippen molar-refractivity contribution in [3.63, 3.8) is 0 Å². The Balaban J connectivity index is 1.79. The summed E-state index contributed by atoms with van der Waals surface area (Å²) in [4.78, 5) is 6.19. The van der Waals surface area contributed by atoms with Crippen LogP contribution < -0.4 is 10.6 Å². The molecular formula is C17H20FN3. The van der Waals surface area contributed by atoms with Crippen LogP contribution in [0.3, 0.4) is 0 Å². The van der Waals surface area contributed by atoms with Gasteiger partial charge in [0.25, 0.3) is 0 Å². The third kappa shape index (κ3) is 2.63. The molecule has 3 nitrogen and oxygen atoms in total. The van der Waals surface area contributed by atoms with Crippen molar-refractivity contribution >= 4 is 5.82 Å². The average molecular weight is 285 g/mol. The quantitative estimate of drug-likeness (QED) is 0.943. The first-order chi connectivity index (χ1) is 10.2. The molecule has 0 amide bonds. The van der Waals surface area contributed by atoms with E-state index in [1.54, 1.807) is 12.3 Å². The molecule has 1 aromatic carbocycles. The molecule has 4 heteroatoms. The van der Waals surface area contributed by atoms with Crippen molar-refractivity contribution < 1.29 is 4.39 Å². The average Bonchev–Trinajstić information content (AvgIpc) is 2.56. The molecule has 2 N–H and O–H groups in total. The van der Waals surface area contributed by atoms with E-state index in [0.29, 0.717) is 12.4 Å². The second kappa shape index (κ2) is 5.82. The lowest BCUT2D eigenvalue weighted by atomic mass is 9.73. The van der Waals surface area contributed by atoms with Crippen LogP contribution in [0.15, 0.2) is 48.7 Å². The number of halogens is 1. The van der Waals surface area contributed by atoms with E-state index in [4.69, 9.17) is 5.73 Å². The van der Waals surface area contributed by atoms with Gasteiger partial charge in [0.15, 0.2) is 11.6 Å². The highest BCUT2D eigenvalue weighted by Gasteiger charge is 2.35. The number of benzene rings is 1. The number of piperidine rings is 1. The van der Waals surface area contributed by atoms with Gasteiger partial charge in [0, 0.05) is 31.2 Å². The van der Waals surface area contributed by atoms with Gasteiger partial charge in [-0.1, -0.05) is 30.3 Å². The Morgan fingerprint density at radius 3 is 2.43 bits per heavy atom. The van der Waals surface area contributed by atoms with Crippen molar-refractivity contribution in [1.29, 1.82) is 0 Å². The van der Waals surface area contributed by atoms with E-state index in [9.17, 15) is 4.39 Å². The van der Waals surface area contributed by atoms with Crippen molar-refractivity contribution in [3.05, 3.63) is 60.0 Å². The van der Waals surface area contributed by atoms with Crippen molar-refractivity contribution in [1.82, 2.24) is 4.98 Å². The van der Waals surface area contributed by atoms with Crippen LogP contribution in [0.2, 0.25) is 0 Å². The van der Waals surface area contributed by atoms with Crippen LogP contribution in [-0.2, 0) is 5.41 Å². The maximum atomic E-state index is 13.8. The molecule has 1 aliphatic heterocycles. The predicted molar refractivity (Wildman–Crippen MR) is 82.8 cm³/mol. The van der Waals surface area contributed by atoms with Gasteiger partial charge in [-0.15, -0.1) is 0 Å². The van der Waals surface area contributed by atoms with Crippen molar-refractivity contribution in [2.24, 2.45) is 5.73 Å². The van der Waals surface area contributed by atoms with Crippen LogP contribution in [0, 0.1) is 5.82 Å². The lowest BCUT2D eigenvalue weighted by Crippen LogP contribution is -2.47. The smallest absolute Gasteiger partial charge is 0.165 e. The molecule has 0 unspecified atom stereocenters. The van der Waals surface area contributed by atoms with Gasteiger partial charge in [-0.05, 0) is 30.5 Å². The molecule has 0 aliphatic carbocycles. The second-order valence-electron chi connectivity index (χ2n) is 5.65. The molecule has 0 radical (unpaired) electrons. The molecular weight excluding hydrogens is 265 g/mol. The number of hydrogen-bond acceptors (Lipinski definition) is 3. The Labute approximate surface area is 124 Å². The monoisotopic (exact) mass is 285 g/mol. The highest BCUT2D eigenvalue weighted by molar-refractivity contribution is 5.41. The summed E-state index contributed by atoms with van der Waals surface area (Å²) in [5.41, 5.74) is 7.36. The van der Waals surface area contributed by atoms with Crippen LogP contribution in [0.1, 0.15) is 18.4 Å². The number of hydrogen-bond donors (Lipinski definition) is 1. The second-order valence-corrected chi connectivity index (χ2v) is 5.65. The van der Waals surface area contributed by atoms with Crippen molar-refractivity contribution in [2.45, 2.75) is 18.3 Å². The fourth-order valence-electron chi connectivity index (χ4n) is 3.16. The summed E-state index contributed by atoms with van der Waals surface area (Å²) in [5.74, 6) is 0.202. The van der Waals surface area contributed by atoms with Gasteiger partial charge in [0.05, 0.1) is 0 Å². The van der Waals surface area contributed by atoms with E-state index >= 15 is 0 Å². The Hall–Kier alpha value is -1.94.